The normalized spacial score (nSPS) is 11.4. The van der Waals surface area contributed by atoms with Gasteiger partial charge in [0.2, 0.25) is 0 Å². The van der Waals surface area contributed by atoms with E-state index >= 15 is 0 Å². The Kier molecular flexibility index (Phi) is 7.63. The molecule has 0 saturated carbocycles. The van der Waals surface area contributed by atoms with Crippen molar-refractivity contribution in [3.05, 3.63) is 11.1 Å². The summed E-state index contributed by atoms with van der Waals surface area (Å²) in [6.45, 7) is 7.56. The van der Waals surface area contributed by atoms with Crippen molar-refractivity contribution in [3.63, 3.8) is 0 Å². The monoisotopic (exact) mass is 262 g/mol. The second-order valence-corrected chi connectivity index (χ2v) is 6.44. The van der Waals surface area contributed by atoms with Gasteiger partial charge in [-0.15, -0.1) is 0 Å². The maximum atomic E-state index is 11.2. The summed E-state index contributed by atoms with van der Waals surface area (Å²) in [7, 11) is -0.164. The van der Waals surface area contributed by atoms with Gasteiger partial charge in [0.1, 0.15) is 0 Å². The van der Waals surface area contributed by atoms with Crippen molar-refractivity contribution < 1.29 is 27.0 Å². The Morgan fingerprint density at radius 1 is 1.64 bits per heavy atom. The van der Waals surface area contributed by atoms with Crippen LogP contribution in [0.25, 0.3) is 0 Å². The molecule has 85 valence electrons. The van der Waals surface area contributed by atoms with Crippen LogP contribution in [-0.2, 0) is 22.2 Å². The molecule has 0 saturated heterocycles. The molecule has 0 aromatic heterocycles. The molecule has 0 aliphatic heterocycles. The van der Waals surface area contributed by atoms with Gasteiger partial charge in [-0.1, -0.05) is 0 Å². The van der Waals surface area contributed by atoms with Gasteiger partial charge in [-0.2, -0.15) is 0 Å². The van der Waals surface area contributed by atoms with Gasteiger partial charge in [0.05, 0.1) is 0 Å². The molecule has 4 nitrogen and oxygen atoms in total. The molecule has 0 heterocycles. The Morgan fingerprint density at radius 3 is 2.79 bits per heavy atom. The van der Waals surface area contributed by atoms with Crippen molar-refractivity contribution in [1.82, 2.24) is 5.32 Å². The van der Waals surface area contributed by atoms with E-state index in [0.29, 0.717) is 9.86 Å². The first-order valence-corrected chi connectivity index (χ1v) is 8.50. The van der Waals surface area contributed by atoms with Crippen molar-refractivity contribution in [1.29, 1.82) is 0 Å². The van der Waals surface area contributed by atoms with Crippen LogP contribution in [0.3, 0.4) is 0 Å². The molecule has 1 N–H and O–H groups in total. The molecule has 0 spiro atoms. The third-order valence-electron chi connectivity index (χ3n) is 1.29. The predicted molar refractivity (Wildman–Crippen MR) is 54.1 cm³/mol. The number of alkyl carbamates (subject to hydrolysis) is 1. The Morgan fingerprint density at radius 2 is 2.29 bits per heavy atom. The van der Waals surface area contributed by atoms with E-state index in [1.165, 1.54) is 0 Å². The fraction of sp³-hybridized carbons (Fsp3) is 0.625. The van der Waals surface area contributed by atoms with E-state index in [9.17, 15) is 8.66 Å². The zero-order valence-corrected chi connectivity index (χ0v) is 11.0. The molecule has 0 unspecified atom stereocenters. The first kappa shape index (κ1) is 13.5. The molecule has 0 aliphatic carbocycles. The molecular weight excluding hydrogens is 245 g/mol. The molecular formula is C8H17CoNO3Si. The van der Waals surface area contributed by atoms with Crippen LogP contribution in [0.4, 0.5) is 4.79 Å². The number of rotatable bonds is 6. The van der Waals surface area contributed by atoms with Gasteiger partial charge >= 0.3 is 90.6 Å². The zero-order valence-electron chi connectivity index (χ0n) is 8.59. The first-order chi connectivity index (χ1) is 6.57. The molecule has 0 aliphatic rings. The Labute approximate surface area is 90.9 Å². The standard InChI is InChI=1S/C5H12NO2Si.C3H5.Co.O/c1-3-8-5(7)6-4-9-2;1-3-2;;/h1,3-4,9H2,2H3,(H,6,7);1H2,2H3;;. The van der Waals surface area contributed by atoms with Crippen LogP contribution in [0, 0.1) is 0 Å². The van der Waals surface area contributed by atoms with Gasteiger partial charge in [0.15, 0.2) is 0 Å². The molecule has 0 aromatic rings. The van der Waals surface area contributed by atoms with Crippen LogP contribution in [0.2, 0.25) is 11.9 Å². The van der Waals surface area contributed by atoms with Crippen molar-refractivity contribution in [2.24, 2.45) is 0 Å². The van der Waals surface area contributed by atoms with Gasteiger partial charge in [-0.3, -0.25) is 0 Å². The Balaban J connectivity index is 3.49. The first-order valence-electron chi connectivity index (χ1n) is 4.40. The predicted octanol–water partition coefficient (Wildman–Crippen LogP) is 0.803. The third-order valence-corrected chi connectivity index (χ3v) is 3.72. The second kappa shape index (κ2) is 7.89. The second-order valence-electron chi connectivity index (χ2n) is 2.65. The number of carbonyl (C=O) groups excluding carboxylic acids is 1. The third kappa shape index (κ3) is 6.99. The topological polar surface area (TPSA) is 55.4 Å². The maximum absolute atomic E-state index is 11.2. The summed E-state index contributed by atoms with van der Waals surface area (Å²) in [6, 6.07) is 0. The summed E-state index contributed by atoms with van der Waals surface area (Å²) in [5, 5.41) is 2.98. The van der Waals surface area contributed by atoms with Crippen LogP contribution >= 0.6 is 0 Å². The van der Waals surface area contributed by atoms with Gasteiger partial charge < -0.3 is 0 Å². The fourth-order valence-electron chi connectivity index (χ4n) is 0.609. The number of amides is 1. The van der Waals surface area contributed by atoms with Crippen LogP contribution in [0.5, 0.6) is 0 Å². The number of hydrogen-bond donors (Lipinski definition) is 1. The van der Waals surface area contributed by atoms with Crippen LogP contribution in [0.1, 0.15) is 6.92 Å². The van der Waals surface area contributed by atoms with E-state index in [4.69, 9.17) is 4.74 Å². The molecule has 14 heavy (non-hydrogen) atoms. The summed E-state index contributed by atoms with van der Waals surface area (Å²) in [5.41, 5.74) is 0. The SMILES string of the molecule is C=[C](C)[Co](=[O])[CH2]COC(=O)NC[SiH2]C. The van der Waals surface area contributed by atoms with Gasteiger partial charge in [0, 0.05) is 0 Å². The number of nitrogens with one attached hydrogen (secondary N) is 1. The van der Waals surface area contributed by atoms with E-state index in [1.54, 1.807) is 6.92 Å². The summed E-state index contributed by atoms with van der Waals surface area (Å²) in [4.78, 5) is 10.9. The molecule has 0 bridgehead atoms. The average Bonchev–Trinajstić information content (AvgIpc) is 2.14. The Hall–Kier alpha value is -0.467. The quantitative estimate of drug-likeness (QED) is 0.720. The zero-order chi connectivity index (χ0) is 11.0. The molecule has 1 amide bonds. The van der Waals surface area contributed by atoms with Gasteiger partial charge in [-0.05, 0) is 0 Å². The van der Waals surface area contributed by atoms with Crippen molar-refractivity contribution in [2.75, 3.05) is 12.8 Å². The van der Waals surface area contributed by atoms with E-state index in [-0.39, 0.29) is 16.1 Å². The van der Waals surface area contributed by atoms with E-state index in [0.717, 1.165) is 6.17 Å². The average molecular weight is 262 g/mol. The van der Waals surface area contributed by atoms with Crippen molar-refractivity contribution >= 4 is 15.6 Å². The Bertz CT molecular complexity index is 233. The molecule has 0 fully saturated rings. The molecule has 0 atom stereocenters. The van der Waals surface area contributed by atoms with E-state index in [1.807, 2.05) is 0 Å². The van der Waals surface area contributed by atoms with Crippen LogP contribution in [-0.4, -0.2) is 28.4 Å². The van der Waals surface area contributed by atoms with Gasteiger partial charge in [0.25, 0.3) is 0 Å². The fourth-order valence-corrected chi connectivity index (χ4v) is 1.81. The van der Waals surface area contributed by atoms with Crippen molar-refractivity contribution in [2.45, 2.75) is 18.8 Å². The minimum atomic E-state index is -1.40. The number of allylic oxidation sites excluding steroid dienone is 1. The van der Waals surface area contributed by atoms with Crippen molar-refractivity contribution in [3.8, 4) is 0 Å². The minimum absolute atomic E-state index is 0.164. The van der Waals surface area contributed by atoms with E-state index in [2.05, 4.69) is 18.4 Å². The molecule has 0 aromatic carbocycles. The van der Waals surface area contributed by atoms with Crippen LogP contribution < -0.4 is 5.32 Å². The molecule has 0 rings (SSSR count). The number of ether oxygens (including phenoxy) is 1. The number of carbonyl (C=O) groups is 1. The van der Waals surface area contributed by atoms with Gasteiger partial charge in [-0.25, -0.2) is 0 Å². The summed E-state index contributed by atoms with van der Waals surface area (Å²) < 4.78 is 16.6. The summed E-state index contributed by atoms with van der Waals surface area (Å²) in [6.07, 6.45) is 0.328. The molecule has 6 heteroatoms. The molecule has 0 radical (unpaired) electrons. The summed E-state index contributed by atoms with van der Waals surface area (Å²) >= 11 is -1.40. The van der Waals surface area contributed by atoms with Crippen LogP contribution in [0.15, 0.2) is 11.1 Å². The number of hydrogen-bond acceptors (Lipinski definition) is 3. The van der Waals surface area contributed by atoms with E-state index < -0.39 is 19.7 Å². The summed E-state index contributed by atoms with van der Waals surface area (Å²) in [5.74, 6) is 0.